The van der Waals surface area contributed by atoms with Gasteiger partial charge in [-0.05, 0) is 7.05 Å². The lowest BCUT2D eigenvalue weighted by molar-refractivity contribution is 0.0342. The molecule has 0 amide bonds. The number of aromatic nitrogens is 1. The molecule has 1 aliphatic rings. The van der Waals surface area contributed by atoms with Gasteiger partial charge in [0.2, 0.25) is 0 Å². The van der Waals surface area contributed by atoms with Crippen molar-refractivity contribution in [3.8, 4) is 0 Å². The Balaban J connectivity index is 0.00000162. The van der Waals surface area contributed by atoms with E-state index in [1.165, 1.54) is 4.88 Å². The van der Waals surface area contributed by atoms with Crippen LogP contribution in [0.4, 0.5) is 5.13 Å². The van der Waals surface area contributed by atoms with Crippen LogP contribution in [0.25, 0.3) is 0 Å². The number of nitrogens with two attached hydrogens (primary N) is 1. The first-order chi connectivity index (χ1) is 8.24. The molecule has 7 heteroatoms. The summed E-state index contributed by atoms with van der Waals surface area (Å²) in [5.41, 5.74) is 5.61. The molecule has 0 unspecified atom stereocenters. The van der Waals surface area contributed by atoms with Crippen LogP contribution in [-0.2, 0) is 11.3 Å². The number of halogens is 1. The fourth-order valence-electron chi connectivity index (χ4n) is 1.88. The van der Waals surface area contributed by atoms with Crippen molar-refractivity contribution < 1.29 is 4.74 Å². The molecule has 2 heterocycles. The van der Waals surface area contributed by atoms with Crippen LogP contribution in [-0.4, -0.2) is 61.2 Å². The molecule has 2 N–H and O–H groups in total. The molecule has 1 aromatic heterocycles. The Kier molecular flexibility index (Phi) is 6.88. The summed E-state index contributed by atoms with van der Waals surface area (Å²) >= 11 is 1.57. The van der Waals surface area contributed by atoms with Crippen LogP contribution < -0.4 is 5.73 Å². The smallest absolute Gasteiger partial charge is 0.180 e. The largest absolute Gasteiger partial charge is 0.379 e. The van der Waals surface area contributed by atoms with Crippen LogP contribution in [0.1, 0.15) is 4.88 Å². The summed E-state index contributed by atoms with van der Waals surface area (Å²) in [5, 5.41) is 0.654. The van der Waals surface area contributed by atoms with Crippen LogP contribution in [0.5, 0.6) is 0 Å². The van der Waals surface area contributed by atoms with Crippen molar-refractivity contribution in [3.05, 3.63) is 11.1 Å². The normalized spacial score (nSPS) is 16.8. The average Bonchev–Trinajstić information content (AvgIpc) is 2.73. The van der Waals surface area contributed by atoms with Crippen LogP contribution >= 0.6 is 23.7 Å². The highest BCUT2D eigenvalue weighted by Gasteiger charge is 2.11. The zero-order valence-corrected chi connectivity index (χ0v) is 12.3. The number of likely N-dealkylation sites (N-methyl/N-ethyl adjacent to an activating group) is 1. The van der Waals surface area contributed by atoms with Crippen LogP contribution in [0, 0.1) is 0 Å². The first kappa shape index (κ1) is 15.7. The van der Waals surface area contributed by atoms with E-state index < -0.39 is 0 Å². The molecule has 1 saturated heterocycles. The van der Waals surface area contributed by atoms with Crippen molar-refractivity contribution in [1.29, 1.82) is 0 Å². The Bertz CT molecular complexity index is 344. The van der Waals surface area contributed by atoms with E-state index in [4.69, 9.17) is 10.5 Å². The highest BCUT2D eigenvalue weighted by molar-refractivity contribution is 7.15. The van der Waals surface area contributed by atoms with Gasteiger partial charge in [0.25, 0.3) is 0 Å². The fraction of sp³-hybridized carbons (Fsp3) is 0.727. The monoisotopic (exact) mass is 292 g/mol. The number of hydrogen-bond donors (Lipinski definition) is 1. The van der Waals surface area contributed by atoms with Crippen molar-refractivity contribution in [3.63, 3.8) is 0 Å². The standard InChI is InChI=1S/C11H20N4OS.ClH/c1-14(9-10-8-13-11(12)17-10)2-3-15-4-6-16-7-5-15;/h8H,2-7,9H2,1H3,(H2,12,13);1H. The second-order valence-electron chi connectivity index (χ2n) is 4.36. The predicted octanol–water partition coefficient (Wildman–Crippen LogP) is 0.911. The van der Waals surface area contributed by atoms with Gasteiger partial charge in [0.05, 0.1) is 13.2 Å². The van der Waals surface area contributed by atoms with Gasteiger partial charge in [-0.2, -0.15) is 0 Å². The summed E-state index contributed by atoms with van der Waals surface area (Å²) in [6.07, 6.45) is 1.87. The van der Waals surface area contributed by atoms with E-state index in [1.54, 1.807) is 11.3 Å². The third-order valence-corrected chi connectivity index (χ3v) is 3.71. The third kappa shape index (κ3) is 5.07. The van der Waals surface area contributed by atoms with Crippen molar-refractivity contribution in [1.82, 2.24) is 14.8 Å². The van der Waals surface area contributed by atoms with E-state index in [0.717, 1.165) is 45.9 Å². The number of nitrogen functional groups attached to an aromatic ring is 1. The maximum Gasteiger partial charge on any atom is 0.180 e. The summed E-state index contributed by atoms with van der Waals surface area (Å²) in [6, 6.07) is 0. The maximum atomic E-state index is 5.61. The quantitative estimate of drug-likeness (QED) is 0.874. The zero-order chi connectivity index (χ0) is 12.1. The van der Waals surface area contributed by atoms with Gasteiger partial charge >= 0.3 is 0 Å². The second-order valence-corrected chi connectivity index (χ2v) is 5.50. The van der Waals surface area contributed by atoms with Crippen LogP contribution in [0.2, 0.25) is 0 Å². The molecule has 0 bridgehead atoms. The van der Waals surface area contributed by atoms with Crippen molar-refractivity contribution >= 4 is 28.9 Å². The fourth-order valence-corrected chi connectivity index (χ4v) is 2.64. The van der Waals surface area contributed by atoms with Gasteiger partial charge in [-0.15, -0.1) is 23.7 Å². The van der Waals surface area contributed by atoms with Crippen LogP contribution in [0.15, 0.2) is 6.20 Å². The third-order valence-electron chi connectivity index (χ3n) is 2.90. The zero-order valence-electron chi connectivity index (χ0n) is 10.7. The average molecular weight is 293 g/mol. The summed E-state index contributed by atoms with van der Waals surface area (Å²) < 4.78 is 5.33. The van der Waals surface area contributed by atoms with Gasteiger partial charge in [-0.3, -0.25) is 9.80 Å². The van der Waals surface area contributed by atoms with Crippen LogP contribution in [0.3, 0.4) is 0 Å². The second kappa shape index (κ2) is 7.91. The minimum absolute atomic E-state index is 0. The molecule has 0 atom stereocenters. The van der Waals surface area contributed by atoms with E-state index in [-0.39, 0.29) is 12.4 Å². The molecule has 1 fully saturated rings. The SMILES string of the molecule is CN(CCN1CCOCC1)Cc1cnc(N)s1.Cl. The molecule has 0 spiro atoms. The molecular formula is C11H21ClN4OS. The number of thiazole rings is 1. The molecule has 1 aromatic rings. The lowest BCUT2D eigenvalue weighted by Gasteiger charge is -2.28. The van der Waals surface area contributed by atoms with Crippen molar-refractivity contribution in [2.45, 2.75) is 6.54 Å². The topological polar surface area (TPSA) is 54.6 Å². The van der Waals surface area contributed by atoms with E-state index in [2.05, 4.69) is 21.8 Å². The first-order valence-electron chi connectivity index (χ1n) is 5.93. The first-order valence-corrected chi connectivity index (χ1v) is 6.74. The Morgan fingerprint density at radius 2 is 2.22 bits per heavy atom. The Morgan fingerprint density at radius 1 is 1.50 bits per heavy atom. The Hall–Kier alpha value is -0.400. The number of hydrogen-bond acceptors (Lipinski definition) is 6. The van der Waals surface area contributed by atoms with E-state index in [9.17, 15) is 0 Å². The number of nitrogens with zero attached hydrogens (tertiary/aromatic N) is 3. The highest BCUT2D eigenvalue weighted by Crippen LogP contribution is 2.15. The molecule has 1 aliphatic heterocycles. The van der Waals surface area contributed by atoms with Gasteiger partial charge in [0.1, 0.15) is 0 Å². The molecule has 0 saturated carbocycles. The molecule has 18 heavy (non-hydrogen) atoms. The molecule has 2 rings (SSSR count). The maximum absolute atomic E-state index is 5.61. The van der Waals surface area contributed by atoms with Gasteiger partial charge in [-0.1, -0.05) is 0 Å². The number of ether oxygens (including phenoxy) is 1. The lowest BCUT2D eigenvalue weighted by atomic mass is 10.4. The molecule has 0 radical (unpaired) electrons. The van der Waals surface area contributed by atoms with Crippen molar-refractivity contribution in [2.75, 3.05) is 52.2 Å². The molecule has 5 nitrogen and oxygen atoms in total. The van der Waals surface area contributed by atoms with Gasteiger partial charge < -0.3 is 10.5 Å². The minimum atomic E-state index is 0. The van der Waals surface area contributed by atoms with E-state index >= 15 is 0 Å². The Labute approximate surface area is 118 Å². The van der Waals surface area contributed by atoms with E-state index in [0.29, 0.717) is 5.13 Å². The Morgan fingerprint density at radius 3 is 2.83 bits per heavy atom. The number of rotatable bonds is 5. The summed E-state index contributed by atoms with van der Waals surface area (Å²) in [7, 11) is 2.14. The summed E-state index contributed by atoms with van der Waals surface area (Å²) in [5.74, 6) is 0. The number of morpholine rings is 1. The molecule has 0 aliphatic carbocycles. The van der Waals surface area contributed by atoms with Gasteiger partial charge in [0.15, 0.2) is 5.13 Å². The summed E-state index contributed by atoms with van der Waals surface area (Å²) in [6.45, 7) is 6.96. The van der Waals surface area contributed by atoms with Gasteiger partial charge in [-0.25, -0.2) is 4.98 Å². The molecule has 104 valence electrons. The van der Waals surface area contributed by atoms with E-state index in [1.807, 2.05) is 6.20 Å². The minimum Gasteiger partial charge on any atom is -0.379 e. The van der Waals surface area contributed by atoms with Crippen molar-refractivity contribution in [2.24, 2.45) is 0 Å². The van der Waals surface area contributed by atoms with Gasteiger partial charge in [0, 0.05) is 43.8 Å². The molecule has 0 aromatic carbocycles. The summed E-state index contributed by atoms with van der Waals surface area (Å²) in [4.78, 5) is 10.0. The molecular weight excluding hydrogens is 272 g/mol. The highest BCUT2D eigenvalue weighted by atomic mass is 35.5. The number of anilines is 1. The predicted molar refractivity (Wildman–Crippen MR) is 77.4 cm³/mol. The lowest BCUT2D eigenvalue weighted by Crippen LogP contribution is -2.40.